The molecule has 1 rings (SSSR count). The maximum atomic E-state index is 11.9. The summed E-state index contributed by atoms with van der Waals surface area (Å²) in [5.41, 5.74) is 8.22. The largest absolute Gasteiger partial charge is 0.397 e. The molecule has 0 fully saturated rings. The molecule has 0 bridgehead atoms. The van der Waals surface area contributed by atoms with Crippen molar-refractivity contribution in [3.63, 3.8) is 0 Å². The minimum Gasteiger partial charge on any atom is -0.397 e. The van der Waals surface area contributed by atoms with Crippen LogP contribution in [0.15, 0.2) is 18.2 Å². The maximum Gasteiger partial charge on any atom is 0.236 e. The summed E-state index contributed by atoms with van der Waals surface area (Å²) in [5, 5.41) is 6.46. The summed E-state index contributed by atoms with van der Waals surface area (Å²) in [5.74, 6) is 0.284. The van der Waals surface area contributed by atoms with Crippen LogP contribution in [-0.2, 0) is 4.79 Å². The summed E-state index contributed by atoms with van der Waals surface area (Å²) in [6, 6.07) is 5.48. The fourth-order valence-corrected chi connectivity index (χ4v) is 2.77. The fourth-order valence-electron chi connectivity index (χ4n) is 2.77. The molecular weight excluding hydrogens is 340 g/mol. The predicted octanol–water partition coefficient (Wildman–Crippen LogP) is 3.29. The number of nitrogens with two attached hydrogens (primary N) is 1. The van der Waals surface area contributed by atoms with E-state index in [1.807, 2.05) is 26.1 Å². The van der Waals surface area contributed by atoms with Gasteiger partial charge in [0.2, 0.25) is 5.91 Å². The second-order valence-corrected chi connectivity index (χ2v) is 6.95. The van der Waals surface area contributed by atoms with Crippen LogP contribution in [0.3, 0.4) is 0 Å². The Balaban J connectivity index is 2.23. The lowest BCUT2D eigenvalue weighted by Gasteiger charge is -2.17. The highest BCUT2D eigenvalue weighted by molar-refractivity contribution is 5.97. The number of likely N-dealkylation sites (N-methyl/N-ethyl adjacent to an activating group) is 1. The quantitative estimate of drug-likeness (QED) is 0.263. The second kappa shape index (κ2) is 13.1. The number of hydrogen-bond donors (Lipinski definition) is 3. The first kappa shape index (κ1) is 23.0. The summed E-state index contributed by atoms with van der Waals surface area (Å²) in [6.07, 6.45) is 5.46. The van der Waals surface area contributed by atoms with Gasteiger partial charge in [-0.25, -0.2) is 0 Å². The number of amides is 1. The van der Waals surface area contributed by atoms with E-state index in [-0.39, 0.29) is 11.7 Å². The number of carbonyl (C=O) groups excluding carboxylic acids is 2. The average Bonchev–Trinajstić information content (AvgIpc) is 2.65. The van der Waals surface area contributed by atoms with Crippen LogP contribution in [0.4, 0.5) is 11.4 Å². The number of ketones is 1. The molecular formula is C21H36N4O2. The van der Waals surface area contributed by atoms with Gasteiger partial charge in [-0.1, -0.05) is 13.8 Å². The molecule has 0 unspecified atom stereocenters. The summed E-state index contributed by atoms with van der Waals surface area (Å²) >= 11 is 0. The zero-order valence-corrected chi connectivity index (χ0v) is 17.1. The van der Waals surface area contributed by atoms with Crippen molar-refractivity contribution >= 4 is 23.1 Å². The van der Waals surface area contributed by atoms with Crippen LogP contribution >= 0.6 is 0 Å². The van der Waals surface area contributed by atoms with Crippen LogP contribution < -0.4 is 16.4 Å². The normalized spacial score (nSPS) is 10.6. The standard InChI is InChI=1S/C21H36N4O2/c1-4-9-20(26)17-10-11-19(18(22)15-17)24-13-7-6-8-14-25(3)21(27)16-23-12-5-2/h10-11,15,23-24H,4-9,12-14,16,22H2,1-3H3. The number of unbranched alkanes of at least 4 members (excludes halogenated alkanes) is 2. The van der Waals surface area contributed by atoms with E-state index < -0.39 is 0 Å². The molecule has 0 aliphatic carbocycles. The zero-order valence-electron chi connectivity index (χ0n) is 17.1. The van der Waals surface area contributed by atoms with Crippen LogP contribution in [0, 0.1) is 0 Å². The van der Waals surface area contributed by atoms with Gasteiger partial charge in [-0.2, -0.15) is 0 Å². The molecule has 0 aromatic heterocycles. The topological polar surface area (TPSA) is 87.5 Å². The third kappa shape index (κ3) is 8.91. The number of Topliss-reactive ketones (excluding diaryl/α,β-unsaturated/α-hetero) is 1. The smallest absolute Gasteiger partial charge is 0.236 e. The van der Waals surface area contributed by atoms with E-state index >= 15 is 0 Å². The molecule has 0 aliphatic rings. The zero-order chi connectivity index (χ0) is 20.1. The predicted molar refractivity (Wildman–Crippen MR) is 113 cm³/mol. The molecule has 6 nitrogen and oxygen atoms in total. The van der Waals surface area contributed by atoms with Crippen molar-refractivity contribution in [2.45, 2.75) is 52.4 Å². The maximum absolute atomic E-state index is 11.9. The molecule has 1 aromatic carbocycles. The Bertz CT molecular complexity index is 590. The van der Waals surface area contributed by atoms with E-state index in [4.69, 9.17) is 5.73 Å². The van der Waals surface area contributed by atoms with E-state index in [0.29, 0.717) is 24.2 Å². The van der Waals surface area contributed by atoms with Crippen LogP contribution in [0.5, 0.6) is 0 Å². The van der Waals surface area contributed by atoms with E-state index in [1.54, 1.807) is 11.0 Å². The number of benzene rings is 1. The van der Waals surface area contributed by atoms with Crippen molar-refractivity contribution < 1.29 is 9.59 Å². The summed E-state index contributed by atoms with van der Waals surface area (Å²) in [4.78, 5) is 25.6. The van der Waals surface area contributed by atoms with E-state index in [9.17, 15) is 9.59 Å². The Morgan fingerprint density at radius 2 is 1.85 bits per heavy atom. The highest BCUT2D eigenvalue weighted by atomic mass is 16.2. The monoisotopic (exact) mass is 376 g/mol. The Hall–Kier alpha value is -2.08. The molecule has 0 spiro atoms. The summed E-state index contributed by atoms with van der Waals surface area (Å²) < 4.78 is 0. The van der Waals surface area contributed by atoms with Gasteiger partial charge in [-0.15, -0.1) is 0 Å². The van der Waals surface area contributed by atoms with Gasteiger partial charge in [0.05, 0.1) is 17.9 Å². The fraction of sp³-hybridized carbons (Fsp3) is 0.619. The minimum atomic E-state index is 0.138. The Labute approximate surface area is 163 Å². The van der Waals surface area contributed by atoms with Crippen molar-refractivity contribution in [1.29, 1.82) is 0 Å². The number of nitrogens with one attached hydrogen (secondary N) is 2. The van der Waals surface area contributed by atoms with Crippen LogP contribution in [-0.4, -0.2) is 49.8 Å². The minimum absolute atomic E-state index is 0.138. The van der Waals surface area contributed by atoms with Crippen molar-refractivity contribution in [3.8, 4) is 0 Å². The molecule has 0 saturated carbocycles. The first-order valence-corrected chi connectivity index (χ1v) is 10.1. The SMILES string of the molecule is CCCNCC(=O)N(C)CCCCCNc1ccc(C(=O)CCC)cc1N. The first-order chi connectivity index (χ1) is 13.0. The van der Waals surface area contributed by atoms with Crippen molar-refractivity contribution in [2.24, 2.45) is 0 Å². The van der Waals surface area contributed by atoms with Gasteiger partial charge >= 0.3 is 0 Å². The molecule has 4 N–H and O–H groups in total. The molecule has 0 heterocycles. The van der Waals surface area contributed by atoms with Gasteiger partial charge in [0.15, 0.2) is 5.78 Å². The van der Waals surface area contributed by atoms with Gasteiger partial charge < -0.3 is 21.3 Å². The van der Waals surface area contributed by atoms with Crippen molar-refractivity contribution in [3.05, 3.63) is 23.8 Å². The molecule has 6 heteroatoms. The molecule has 0 radical (unpaired) electrons. The van der Waals surface area contributed by atoms with E-state index in [0.717, 1.165) is 57.4 Å². The van der Waals surface area contributed by atoms with Gasteiger partial charge in [0, 0.05) is 32.1 Å². The van der Waals surface area contributed by atoms with Gasteiger partial charge in [-0.3, -0.25) is 9.59 Å². The summed E-state index contributed by atoms with van der Waals surface area (Å²) in [6.45, 7) is 6.98. The molecule has 152 valence electrons. The lowest BCUT2D eigenvalue weighted by molar-refractivity contribution is -0.129. The van der Waals surface area contributed by atoms with Crippen LogP contribution in [0.2, 0.25) is 0 Å². The molecule has 1 amide bonds. The number of carbonyl (C=O) groups is 2. The highest BCUT2D eigenvalue weighted by Gasteiger charge is 2.08. The summed E-state index contributed by atoms with van der Waals surface area (Å²) in [7, 11) is 1.86. The van der Waals surface area contributed by atoms with Crippen molar-refractivity contribution in [1.82, 2.24) is 10.2 Å². The Kier molecular flexibility index (Phi) is 11.2. The number of anilines is 2. The molecule has 0 saturated heterocycles. The highest BCUT2D eigenvalue weighted by Crippen LogP contribution is 2.21. The third-order valence-corrected chi connectivity index (χ3v) is 4.47. The first-order valence-electron chi connectivity index (χ1n) is 10.1. The second-order valence-electron chi connectivity index (χ2n) is 6.95. The van der Waals surface area contributed by atoms with Gasteiger partial charge in [0.25, 0.3) is 0 Å². The van der Waals surface area contributed by atoms with Crippen LogP contribution in [0.25, 0.3) is 0 Å². The van der Waals surface area contributed by atoms with E-state index in [2.05, 4.69) is 17.6 Å². The number of rotatable bonds is 14. The molecule has 0 aliphatic heterocycles. The molecule has 0 atom stereocenters. The number of nitrogen functional groups attached to an aromatic ring is 1. The molecule has 1 aromatic rings. The Morgan fingerprint density at radius 3 is 2.52 bits per heavy atom. The number of hydrogen-bond acceptors (Lipinski definition) is 5. The van der Waals surface area contributed by atoms with E-state index in [1.165, 1.54) is 0 Å². The third-order valence-electron chi connectivity index (χ3n) is 4.47. The lowest BCUT2D eigenvalue weighted by atomic mass is 10.1. The average molecular weight is 377 g/mol. The van der Waals surface area contributed by atoms with Gasteiger partial charge in [-0.05, 0) is 56.8 Å². The Morgan fingerprint density at radius 1 is 1.07 bits per heavy atom. The van der Waals surface area contributed by atoms with Gasteiger partial charge in [0.1, 0.15) is 0 Å². The lowest BCUT2D eigenvalue weighted by Crippen LogP contribution is -2.36. The number of nitrogens with zero attached hydrogens (tertiary/aromatic N) is 1. The van der Waals surface area contributed by atoms with Crippen molar-refractivity contribution in [2.75, 3.05) is 44.3 Å². The molecule has 27 heavy (non-hydrogen) atoms. The van der Waals surface area contributed by atoms with Crippen LogP contribution in [0.1, 0.15) is 62.7 Å².